The van der Waals surface area contributed by atoms with E-state index in [0.29, 0.717) is 10.7 Å². The fourth-order valence-corrected chi connectivity index (χ4v) is 3.04. The molecule has 7 heteroatoms. The summed E-state index contributed by atoms with van der Waals surface area (Å²) in [6, 6.07) is 5.66. The molecule has 4 nitrogen and oxygen atoms in total. The molecule has 0 radical (unpaired) electrons. The predicted octanol–water partition coefficient (Wildman–Crippen LogP) is 4.18. The Labute approximate surface area is 130 Å². The quantitative estimate of drug-likeness (QED) is 0.827. The van der Waals surface area contributed by atoms with E-state index in [4.69, 9.17) is 9.84 Å². The summed E-state index contributed by atoms with van der Waals surface area (Å²) in [5, 5.41) is 9.81. The Balaban J connectivity index is 2.47. The molecule has 0 atom stereocenters. The van der Waals surface area contributed by atoms with Gasteiger partial charge in [0.05, 0.1) is 12.3 Å². The van der Waals surface area contributed by atoms with Crippen LogP contribution in [0.3, 0.4) is 0 Å². The lowest BCUT2D eigenvalue weighted by molar-refractivity contribution is 0.0697. The maximum Gasteiger partial charge on any atom is 0.347 e. The van der Waals surface area contributed by atoms with Gasteiger partial charge in [0.15, 0.2) is 0 Å². The number of thiazole rings is 1. The number of halogens is 2. The second-order valence-corrected chi connectivity index (χ2v) is 6.37. The van der Waals surface area contributed by atoms with Gasteiger partial charge in [0.25, 0.3) is 0 Å². The standard InChI is InChI=1S/C12H9Br2NO3S/c1-18-5-9-10(12(16)17)19-11(15-9)6-2-3-7(13)8(14)4-6/h2-4H,5H2,1H3,(H,16,17). The van der Waals surface area contributed by atoms with Gasteiger partial charge in [0, 0.05) is 21.6 Å². The maximum atomic E-state index is 11.2. The number of aromatic carboxylic acids is 1. The molecule has 0 aliphatic heterocycles. The van der Waals surface area contributed by atoms with Crippen LogP contribution >= 0.6 is 43.2 Å². The van der Waals surface area contributed by atoms with E-state index in [1.807, 2.05) is 18.2 Å². The number of benzene rings is 1. The molecule has 0 saturated carbocycles. The van der Waals surface area contributed by atoms with Crippen LogP contribution in [0.5, 0.6) is 0 Å². The molecule has 2 rings (SSSR count). The molecule has 0 spiro atoms. The fourth-order valence-electron chi connectivity index (χ4n) is 1.51. The minimum atomic E-state index is -0.980. The number of ether oxygens (including phenoxy) is 1. The van der Waals surface area contributed by atoms with Crippen LogP contribution in [0.4, 0.5) is 0 Å². The van der Waals surface area contributed by atoms with Crippen molar-refractivity contribution in [2.45, 2.75) is 6.61 Å². The molecule has 1 aromatic carbocycles. The Morgan fingerprint density at radius 2 is 2.16 bits per heavy atom. The number of carbonyl (C=O) groups is 1. The number of carboxylic acids is 1. The molecule has 0 saturated heterocycles. The third-order valence-electron chi connectivity index (χ3n) is 2.34. The normalized spacial score (nSPS) is 10.7. The summed E-state index contributed by atoms with van der Waals surface area (Å²) in [6.45, 7) is 0.190. The average molecular weight is 407 g/mol. The number of nitrogens with zero attached hydrogens (tertiary/aromatic N) is 1. The molecule has 0 bridgehead atoms. The van der Waals surface area contributed by atoms with Gasteiger partial charge in [0.1, 0.15) is 9.88 Å². The topological polar surface area (TPSA) is 59.4 Å². The molecule has 1 aromatic heterocycles. The van der Waals surface area contributed by atoms with E-state index >= 15 is 0 Å². The highest BCUT2D eigenvalue weighted by Crippen LogP contribution is 2.33. The highest BCUT2D eigenvalue weighted by Gasteiger charge is 2.18. The summed E-state index contributed by atoms with van der Waals surface area (Å²) in [5.74, 6) is -0.980. The monoisotopic (exact) mass is 405 g/mol. The van der Waals surface area contributed by atoms with Crippen molar-refractivity contribution >= 4 is 49.2 Å². The first-order valence-corrected chi connectivity index (χ1v) is 7.60. The molecule has 0 amide bonds. The molecule has 0 unspecified atom stereocenters. The van der Waals surface area contributed by atoms with Gasteiger partial charge < -0.3 is 9.84 Å². The third kappa shape index (κ3) is 3.22. The molecule has 19 heavy (non-hydrogen) atoms. The van der Waals surface area contributed by atoms with Gasteiger partial charge in [-0.15, -0.1) is 11.3 Å². The molecule has 0 aliphatic rings. The van der Waals surface area contributed by atoms with Crippen LogP contribution in [0.2, 0.25) is 0 Å². The van der Waals surface area contributed by atoms with Gasteiger partial charge in [-0.2, -0.15) is 0 Å². The van der Waals surface area contributed by atoms with E-state index in [-0.39, 0.29) is 11.5 Å². The fraction of sp³-hybridized carbons (Fsp3) is 0.167. The zero-order valence-corrected chi connectivity index (χ0v) is 13.8. The minimum absolute atomic E-state index is 0.190. The molecular formula is C12H9Br2NO3S. The Morgan fingerprint density at radius 1 is 1.42 bits per heavy atom. The first-order chi connectivity index (χ1) is 9.02. The smallest absolute Gasteiger partial charge is 0.347 e. The summed E-state index contributed by atoms with van der Waals surface area (Å²) < 4.78 is 6.80. The lowest BCUT2D eigenvalue weighted by Crippen LogP contribution is -1.99. The lowest BCUT2D eigenvalue weighted by Gasteiger charge is -1.99. The lowest BCUT2D eigenvalue weighted by atomic mass is 10.2. The Bertz CT molecular complexity index is 627. The predicted molar refractivity (Wildman–Crippen MR) is 80.6 cm³/mol. The van der Waals surface area contributed by atoms with Gasteiger partial charge >= 0.3 is 5.97 Å². The minimum Gasteiger partial charge on any atom is -0.477 e. The summed E-state index contributed by atoms with van der Waals surface area (Å²) in [5.41, 5.74) is 1.32. The largest absolute Gasteiger partial charge is 0.477 e. The number of hydrogen-bond donors (Lipinski definition) is 1. The summed E-state index contributed by atoms with van der Waals surface area (Å²) in [4.78, 5) is 15.7. The average Bonchev–Trinajstić information content (AvgIpc) is 2.77. The van der Waals surface area contributed by atoms with E-state index in [2.05, 4.69) is 36.8 Å². The van der Waals surface area contributed by atoms with Crippen molar-refractivity contribution < 1.29 is 14.6 Å². The van der Waals surface area contributed by atoms with Crippen molar-refractivity contribution in [1.82, 2.24) is 4.98 Å². The Kier molecular flexibility index (Phi) is 4.72. The number of carboxylic acid groups (broad SMARTS) is 1. The second-order valence-electron chi connectivity index (χ2n) is 3.66. The highest BCUT2D eigenvalue weighted by atomic mass is 79.9. The second kappa shape index (κ2) is 6.13. The molecule has 0 fully saturated rings. The van der Waals surface area contributed by atoms with Crippen LogP contribution in [-0.4, -0.2) is 23.2 Å². The van der Waals surface area contributed by atoms with Crippen LogP contribution in [0.15, 0.2) is 27.1 Å². The van der Waals surface area contributed by atoms with Crippen molar-refractivity contribution in [3.63, 3.8) is 0 Å². The first kappa shape index (κ1) is 14.6. The van der Waals surface area contributed by atoms with E-state index in [1.165, 1.54) is 7.11 Å². The maximum absolute atomic E-state index is 11.2. The Morgan fingerprint density at radius 3 is 2.74 bits per heavy atom. The van der Waals surface area contributed by atoms with Crippen LogP contribution in [-0.2, 0) is 11.3 Å². The van der Waals surface area contributed by atoms with Crippen molar-refractivity contribution in [3.8, 4) is 10.6 Å². The number of aromatic nitrogens is 1. The van der Waals surface area contributed by atoms with Gasteiger partial charge in [-0.1, -0.05) is 6.07 Å². The number of hydrogen-bond acceptors (Lipinski definition) is 4. The molecule has 1 heterocycles. The SMILES string of the molecule is COCc1nc(-c2ccc(Br)c(Br)c2)sc1C(=O)O. The molecular weight excluding hydrogens is 398 g/mol. The Hall–Kier alpha value is -0.760. The van der Waals surface area contributed by atoms with Gasteiger partial charge in [-0.3, -0.25) is 0 Å². The van der Waals surface area contributed by atoms with Crippen molar-refractivity contribution in [3.05, 3.63) is 37.7 Å². The van der Waals surface area contributed by atoms with Gasteiger partial charge in [-0.25, -0.2) is 9.78 Å². The van der Waals surface area contributed by atoms with Crippen molar-refractivity contribution in [2.24, 2.45) is 0 Å². The molecule has 1 N–H and O–H groups in total. The van der Waals surface area contributed by atoms with E-state index in [1.54, 1.807) is 0 Å². The molecule has 100 valence electrons. The van der Waals surface area contributed by atoms with E-state index in [0.717, 1.165) is 25.8 Å². The molecule has 0 aliphatic carbocycles. The molecule has 2 aromatic rings. The van der Waals surface area contributed by atoms with Crippen LogP contribution in [0.25, 0.3) is 10.6 Å². The third-order valence-corrected chi connectivity index (χ3v) is 5.35. The number of rotatable bonds is 4. The van der Waals surface area contributed by atoms with Gasteiger partial charge in [0.2, 0.25) is 0 Å². The van der Waals surface area contributed by atoms with E-state index < -0.39 is 5.97 Å². The summed E-state index contributed by atoms with van der Waals surface area (Å²) in [6.07, 6.45) is 0. The zero-order valence-electron chi connectivity index (χ0n) is 9.81. The van der Waals surface area contributed by atoms with Crippen LogP contribution in [0.1, 0.15) is 15.4 Å². The van der Waals surface area contributed by atoms with Crippen LogP contribution in [0, 0.1) is 0 Å². The van der Waals surface area contributed by atoms with E-state index in [9.17, 15) is 4.79 Å². The van der Waals surface area contributed by atoms with Crippen LogP contribution < -0.4 is 0 Å². The summed E-state index contributed by atoms with van der Waals surface area (Å²) >= 11 is 7.96. The zero-order chi connectivity index (χ0) is 14.0. The van der Waals surface area contributed by atoms with Gasteiger partial charge in [-0.05, 0) is 44.0 Å². The summed E-state index contributed by atoms with van der Waals surface area (Å²) in [7, 11) is 1.51. The number of methoxy groups -OCH3 is 1. The first-order valence-electron chi connectivity index (χ1n) is 5.20. The highest BCUT2D eigenvalue weighted by molar-refractivity contribution is 9.13. The van der Waals surface area contributed by atoms with Crippen molar-refractivity contribution in [1.29, 1.82) is 0 Å². The van der Waals surface area contributed by atoms with Crippen molar-refractivity contribution in [2.75, 3.05) is 7.11 Å².